The molecule has 0 bridgehead atoms. The van der Waals surface area contributed by atoms with E-state index in [9.17, 15) is 18.0 Å². The molecule has 0 saturated carbocycles. The minimum atomic E-state index is -3.68. The van der Waals surface area contributed by atoms with Crippen LogP contribution in [0.1, 0.15) is 37.8 Å². The molecule has 1 N–H and O–H groups in total. The SMILES string of the molecule is CC(C)NC(=O)[C@@H](Cc1ccccc1)N(Cc1ccc(Cl)cc1Cl)C(=O)CCCN(c1ccc2c(c1)OCO2)S(C)(=O)=O. The van der Waals surface area contributed by atoms with E-state index in [1.54, 1.807) is 36.4 Å². The summed E-state index contributed by atoms with van der Waals surface area (Å²) < 4.78 is 37.4. The van der Waals surface area contributed by atoms with Crippen molar-refractivity contribution in [1.82, 2.24) is 10.2 Å². The molecule has 0 radical (unpaired) electrons. The molecule has 230 valence electrons. The van der Waals surface area contributed by atoms with Crippen molar-refractivity contribution in [2.75, 3.05) is 23.9 Å². The summed E-state index contributed by atoms with van der Waals surface area (Å²) in [6.45, 7) is 3.89. The van der Waals surface area contributed by atoms with Gasteiger partial charge in [-0.15, -0.1) is 0 Å². The van der Waals surface area contributed by atoms with Gasteiger partial charge in [-0.2, -0.15) is 0 Å². The number of halogens is 2. The van der Waals surface area contributed by atoms with Crippen LogP contribution in [0, 0.1) is 0 Å². The van der Waals surface area contributed by atoms with Crippen molar-refractivity contribution in [1.29, 1.82) is 0 Å². The molecule has 3 aromatic rings. The van der Waals surface area contributed by atoms with Crippen LogP contribution >= 0.6 is 23.2 Å². The smallest absolute Gasteiger partial charge is 0.243 e. The van der Waals surface area contributed by atoms with Crippen LogP contribution in [0.25, 0.3) is 0 Å². The van der Waals surface area contributed by atoms with Gasteiger partial charge in [-0.25, -0.2) is 8.42 Å². The second kappa shape index (κ2) is 14.3. The molecule has 0 aliphatic carbocycles. The van der Waals surface area contributed by atoms with Gasteiger partial charge in [0.1, 0.15) is 6.04 Å². The third-order valence-corrected chi connectivity index (χ3v) is 8.64. The monoisotopic (exact) mass is 647 g/mol. The summed E-state index contributed by atoms with van der Waals surface area (Å²) >= 11 is 12.6. The molecule has 1 atom stereocenters. The van der Waals surface area contributed by atoms with Crippen LogP contribution in [-0.4, -0.2) is 56.8 Å². The molecule has 43 heavy (non-hydrogen) atoms. The molecule has 12 heteroatoms. The molecular formula is C31H35Cl2N3O6S. The Labute approximate surface area is 262 Å². The second-order valence-electron chi connectivity index (χ2n) is 10.6. The Morgan fingerprint density at radius 2 is 1.70 bits per heavy atom. The first kappa shape index (κ1) is 32.4. The molecule has 0 spiro atoms. The van der Waals surface area contributed by atoms with E-state index in [1.165, 1.54) is 9.21 Å². The summed E-state index contributed by atoms with van der Waals surface area (Å²) in [4.78, 5) is 29.0. The number of benzene rings is 3. The lowest BCUT2D eigenvalue weighted by atomic mass is 10.0. The van der Waals surface area contributed by atoms with E-state index in [2.05, 4.69) is 5.32 Å². The lowest BCUT2D eigenvalue weighted by Gasteiger charge is -2.32. The summed E-state index contributed by atoms with van der Waals surface area (Å²) in [5, 5.41) is 3.77. The molecule has 1 aliphatic heterocycles. The largest absolute Gasteiger partial charge is 0.454 e. The van der Waals surface area contributed by atoms with Crippen molar-refractivity contribution in [3.63, 3.8) is 0 Å². The molecule has 0 aromatic heterocycles. The number of rotatable bonds is 13. The average Bonchev–Trinajstić information content (AvgIpc) is 3.41. The van der Waals surface area contributed by atoms with Crippen LogP contribution in [0.3, 0.4) is 0 Å². The van der Waals surface area contributed by atoms with Gasteiger partial charge in [0.15, 0.2) is 11.5 Å². The van der Waals surface area contributed by atoms with Crippen molar-refractivity contribution >= 4 is 50.7 Å². The number of nitrogens with one attached hydrogen (secondary N) is 1. The zero-order chi connectivity index (χ0) is 31.1. The number of ether oxygens (including phenoxy) is 2. The summed E-state index contributed by atoms with van der Waals surface area (Å²) in [7, 11) is -3.68. The van der Waals surface area contributed by atoms with Gasteiger partial charge in [0.05, 0.1) is 11.9 Å². The zero-order valence-electron chi connectivity index (χ0n) is 24.3. The number of nitrogens with zero attached hydrogens (tertiary/aromatic N) is 2. The summed E-state index contributed by atoms with van der Waals surface area (Å²) in [6.07, 6.45) is 1.58. The lowest BCUT2D eigenvalue weighted by molar-refractivity contribution is -0.141. The van der Waals surface area contributed by atoms with Gasteiger partial charge in [0.25, 0.3) is 0 Å². The minimum absolute atomic E-state index is 0.0119. The predicted molar refractivity (Wildman–Crippen MR) is 168 cm³/mol. The van der Waals surface area contributed by atoms with E-state index in [0.29, 0.717) is 32.8 Å². The van der Waals surface area contributed by atoms with E-state index in [-0.39, 0.29) is 57.0 Å². The van der Waals surface area contributed by atoms with Crippen LogP contribution < -0.4 is 19.1 Å². The lowest BCUT2D eigenvalue weighted by Crippen LogP contribution is -2.51. The van der Waals surface area contributed by atoms with Crippen molar-refractivity contribution < 1.29 is 27.5 Å². The molecule has 4 rings (SSSR count). The molecule has 1 heterocycles. The highest BCUT2D eigenvalue weighted by Crippen LogP contribution is 2.36. The third-order valence-electron chi connectivity index (χ3n) is 6.85. The molecule has 3 aromatic carbocycles. The molecule has 9 nitrogen and oxygen atoms in total. The number of amides is 2. The number of fused-ring (bicyclic) bond motifs is 1. The number of carbonyl (C=O) groups is 2. The van der Waals surface area contributed by atoms with Crippen LogP contribution in [0.4, 0.5) is 5.69 Å². The second-order valence-corrected chi connectivity index (χ2v) is 13.4. The fourth-order valence-electron chi connectivity index (χ4n) is 4.81. The fourth-order valence-corrected chi connectivity index (χ4v) is 6.24. The maximum absolute atomic E-state index is 13.9. The summed E-state index contributed by atoms with van der Waals surface area (Å²) in [5.41, 5.74) is 1.92. The maximum Gasteiger partial charge on any atom is 0.243 e. The van der Waals surface area contributed by atoms with Crippen LogP contribution in [0.2, 0.25) is 10.0 Å². The first-order chi connectivity index (χ1) is 20.4. The zero-order valence-corrected chi connectivity index (χ0v) is 26.6. The standard InChI is InChI=1S/C31H35Cl2N3O6S/c1-21(2)34-31(38)27(16-22-8-5-4-6-9-22)35(19-23-11-12-24(32)17-26(23)33)30(37)10-7-15-36(43(3,39)40)25-13-14-28-29(18-25)42-20-41-28/h4-6,8-9,11-14,17-18,21,27H,7,10,15-16,19-20H2,1-3H3,(H,34,38)/t27-/m1/s1. The highest BCUT2D eigenvalue weighted by atomic mass is 35.5. The number of hydrogen-bond acceptors (Lipinski definition) is 6. The van der Waals surface area contributed by atoms with Gasteiger partial charge in [-0.3, -0.25) is 13.9 Å². The van der Waals surface area contributed by atoms with Gasteiger partial charge in [0.2, 0.25) is 28.6 Å². The first-order valence-electron chi connectivity index (χ1n) is 13.9. The Bertz CT molecular complexity index is 1550. The van der Waals surface area contributed by atoms with Crippen LogP contribution in [-0.2, 0) is 32.6 Å². The first-order valence-corrected chi connectivity index (χ1v) is 16.5. The topological polar surface area (TPSA) is 105 Å². The normalized spacial score (nSPS) is 13.1. The average molecular weight is 649 g/mol. The Morgan fingerprint density at radius 1 is 0.977 bits per heavy atom. The summed E-state index contributed by atoms with van der Waals surface area (Å²) in [6, 6.07) is 18.4. The van der Waals surface area contributed by atoms with Gasteiger partial charge in [-0.05, 0) is 55.7 Å². The van der Waals surface area contributed by atoms with Crippen LogP contribution in [0.5, 0.6) is 11.5 Å². The molecule has 0 saturated heterocycles. The van der Waals surface area contributed by atoms with E-state index in [0.717, 1.165) is 11.8 Å². The van der Waals surface area contributed by atoms with Crippen molar-refractivity contribution in [3.05, 3.63) is 87.9 Å². The Morgan fingerprint density at radius 3 is 2.37 bits per heavy atom. The Hall–Kier alpha value is -3.47. The maximum atomic E-state index is 13.9. The minimum Gasteiger partial charge on any atom is -0.454 e. The van der Waals surface area contributed by atoms with E-state index < -0.39 is 16.1 Å². The van der Waals surface area contributed by atoms with Gasteiger partial charge in [-0.1, -0.05) is 59.6 Å². The van der Waals surface area contributed by atoms with Gasteiger partial charge in [0, 0.05) is 48.1 Å². The van der Waals surface area contributed by atoms with E-state index in [4.69, 9.17) is 32.7 Å². The summed E-state index contributed by atoms with van der Waals surface area (Å²) in [5.74, 6) is 0.376. The van der Waals surface area contributed by atoms with Gasteiger partial charge < -0.3 is 19.7 Å². The van der Waals surface area contributed by atoms with E-state index in [1.807, 2.05) is 44.2 Å². The molecule has 0 fully saturated rings. The number of carbonyl (C=O) groups excluding carboxylic acids is 2. The number of hydrogen-bond donors (Lipinski definition) is 1. The van der Waals surface area contributed by atoms with Crippen molar-refractivity contribution in [2.45, 2.75) is 51.7 Å². The number of sulfonamides is 1. The molecule has 0 unspecified atom stereocenters. The van der Waals surface area contributed by atoms with Gasteiger partial charge >= 0.3 is 0 Å². The molecule has 2 amide bonds. The highest BCUT2D eigenvalue weighted by Gasteiger charge is 2.31. The van der Waals surface area contributed by atoms with E-state index >= 15 is 0 Å². The fraction of sp³-hybridized carbons (Fsp3) is 0.355. The molecular weight excluding hydrogens is 613 g/mol. The van der Waals surface area contributed by atoms with Crippen molar-refractivity contribution in [3.8, 4) is 11.5 Å². The highest BCUT2D eigenvalue weighted by molar-refractivity contribution is 7.92. The molecule has 1 aliphatic rings. The third kappa shape index (κ3) is 8.78. The Kier molecular flexibility index (Phi) is 10.8. The Balaban J connectivity index is 1.59. The predicted octanol–water partition coefficient (Wildman–Crippen LogP) is 5.43. The van der Waals surface area contributed by atoms with Crippen LogP contribution in [0.15, 0.2) is 66.7 Å². The number of anilines is 1. The van der Waals surface area contributed by atoms with Crippen molar-refractivity contribution in [2.24, 2.45) is 0 Å². The quantitative estimate of drug-likeness (QED) is 0.265.